The van der Waals surface area contributed by atoms with Gasteiger partial charge < -0.3 is 14.8 Å². The average molecular weight is 315 g/mol. The van der Waals surface area contributed by atoms with E-state index in [0.29, 0.717) is 12.0 Å². The van der Waals surface area contributed by atoms with E-state index in [2.05, 4.69) is 5.32 Å². The maximum absolute atomic E-state index is 12.1. The Morgan fingerprint density at radius 1 is 1.36 bits per heavy atom. The van der Waals surface area contributed by atoms with Gasteiger partial charge in [0.05, 0.1) is 5.60 Å². The number of hydrogen-bond donors (Lipinski definition) is 2. The highest BCUT2D eigenvalue weighted by Gasteiger charge is 2.23. The van der Waals surface area contributed by atoms with Crippen LogP contribution in [-0.2, 0) is 6.42 Å². The Bertz CT molecular complexity index is 741. The molecule has 0 aliphatic carbocycles. The van der Waals surface area contributed by atoms with Crippen LogP contribution < -0.4 is 5.32 Å². The monoisotopic (exact) mass is 315 g/mol. The molecule has 4 nitrogen and oxygen atoms in total. The van der Waals surface area contributed by atoms with Crippen LogP contribution in [0.2, 0.25) is 0 Å². The normalized spacial score (nSPS) is 13.9. The summed E-state index contributed by atoms with van der Waals surface area (Å²) in [6.07, 6.45) is 0.497. The molecular formula is C17H17NO3S. The maximum atomic E-state index is 12.1. The molecule has 0 aliphatic heterocycles. The summed E-state index contributed by atoms with van der Waals surface area (Å²) in [6, 6.07) is 11.1. The van der Waals surface area contributed by atoms with Crippen LogP contribution in [0.15, 0.2) is 51.6 Å². The Kier molecular flexibility index (Phi) is 4.00. The Hall–Kier alpha value is -2.11. The molecular weight excluding hydrogens is 298 g/mol. The molecule has 114 valence electrons. The predicted molar refractivity (Wildman–Crippen MR) is 87.2 cm³/mol. The lowest BCUT2D eigenvalue weighted by atomic mass is 9.98. The van der Waals surface area contributed by atoms with Gasteiger partial charge in [-0.15, -0.1) is 0 Å². The first-order chi connectivity index (χ1) is 10.5. The molecule has 0 saturated carbocycles. The summed E-state index contributed by atoms with van der Waals surface area (Å²) < 4.78 is 5.51. The van der Waals surface area contributed by atoms with Gasteiger partial charge in [-0.3, -0.25) is 4.79 Å². The van der Waals surface area contributed by atoms with Gasteiger partial charge >= 0.3 is 0 Å². The molecule has 2 aromatic heterocycles. The van der Waals surface area contributed by atoms with Crippen LogP contribution in [-0.4, -0.2) is 23.2 Å². The summed E-state index contributed by atoms with van der Waals surface area (Å²) >= 11 is 1.59. The highest BCUT2D eigenvalue weighted by molar-refractivity contribution is 7.07. The van der Waals surface area contributed by atoms with Crippen LogP contribution in [0, 0.1) is 0 Å². The fraction of sp³-hybridized carbons (Fsp3) is 0.235. The molecule has 1 amide bonds. The fourth-order valence-corrected chi connectivity index (χ4v) is 3.02. The van der Waals surface area contributed by atoms with E-state index in [9.17, 15) is 9.90 Å². The second-order valence-electron chi connectivity index (χ2n) is 5.64. The number of hydrogen-bond acceptors (Lipinski definition) is 4. The van der Waals surface area contributed by atoms with Crippen LogP contribution in [0.4, 0.5) is 0 Å². The highest BCUT2D eigenvalue weighted by atomic mass is 32.1. The third kappa shape index (κ3) is 3.37. The van der Waals surface area contributed by atoms with Gasteiger partial charge in [0.25, 0.3) is 5.91 Å². The van der Waals surface area contributed by atoms with E-state index in [1.165, 1.54) is 0 Å². The minimum Gasteiger partial charge on any atom is -0.451 e. The minimum atomic E-state index is -0.997. The van der Waals surface area contributed by atoms with E-state index in [1.807, 2.05) is 41.1 Å². The fourth-order valence-electron chi connectivity index (χ4n) is 2.35. The minimum absolute atomic E-state index is 0.165. The van der Waals surface area contributed by atoms with Gasteiger partial charge in [-0.25, -0.2) is 0 Å². The number of fused-ring (bicyclic) bond motifs is 1. The number of thiophene rings is 1. The lowest BCUT2D eigenvalue weighted by molar-refractivity contribution is 0.0546. The molecule has 1 aromatic carbocycles. The zero-order chi connectivity index (χ0) is 15.6. The van der Waals surface area contributed by atoms with Crippen LogP contribution in [0.5, 0.6) is 0 Å². The topological polar surface area (TPSA) is 62.5 Å². The average Bonchev–Trinajstić information content (AvgIpc) is 3.13. The van der Waals surface area contributed by atoms with E-state index in [1.54, 1.807) is 24.3 Å². The van der Waals surface area contributed by atoms with Crippen molar-refractivity contribution >= 4 is 28.2 Å². The zero-order valence-electron chi connectivity index (χ0n) is 12.2. The summed E-state index contributed by atoms with van der Waals surface area (Å²) in [7, 11) is 0. The van der Waals surface area contributed by atoms with Crippen molar-refractivity contribution in [3.8, 4) is 0 Å². The van der Waals surface area contributed by atoms with E-state index in [4.69, 9.17) is 4.42 Å². The van der Waals surface area contributed by atoms with Crippen molar-refractivity contribution in [3.05, 3.63) is 58.5 Å². The van der Waals surface area contributed by atoms with Crippen LogP contribution in [0.1, 0.15) is 23.0 Å². The van der Waals surface area contributed by atoms with Crippen LogP contribution in [0.3, 0.4) is 0 Å². The second kappa shape index (κ2) is 5.94. The standard InChI is InChI=1S/C17H17NO3S/c1-17(20,9-12-6-7-22-10-12)11-18-16(19)15-8-13-4-2-3-5-14(13)21-15/h2-8,10,20H,9,11H2,1H3,(H,18,19). The Balaban J connectivity index is 1.64. The Morgan fingerprint density at radius 2 is 2.18 bits per heavy atom. The lowest BCUT2D eigenvalue weighted by Gasteiger charge is -2.22. The molecule has 1 atom stereocenters. The molecule has 0 bridgehead atoms. The smallest absolute Gasteiger partial charge is 0.287 e. The van der Waals surface area contributed by atoms with Crippen molar-refractivity contribution in [1.29, 1.82) is 0 Å². The maximum Gasteiger partial charge on any atom is 0.287 e. The van der Waals surface area contributed by atoms with Crippen molar-refractivity contribution in [2.75, 3.05) is 6.54 Å². The summed E-state index contributed by atoms with van der Waals surface area (Å²) in [4.78, 5) is 12.1. The summed E-state index contributed by atoms with van der Waals surface area (Å²) in [5.41, 5.74) is 0.744. The molecule has 2 N–H and O–H groups in total. The first-order valence-corrected chi connectivity index (χ1v) is 7.98. The molecule has 1 unspecified atom stereocenters. The quantitative estimate of drug-likeness (QED) is 0.760. The number of amides is 1. The molecule has 5 heteroatoms. The Labute approximate surface area is 132 Å². The second-order valence-corrected chi connectivity index (χ2v) is 6.42. The predicted octanol–water partition coefficient (Wildman–Crippen LogP) is 3.22. The Morgan fingerprint density at radius 3 is 2.91 bits per heavy atom. The van der Waals surface area contributed by atoms with Crippen molar-refractivity contribution in [1.82, 2.24) is 5.32 Å². The highest BCUT2D eigenvalue weighted by Crippen LogP contribution is 2.19. The molecule has 0 saturated heterocycles. The van der Waals surface area contributed by atoms with E-state index < -0.39 is 5.60 Å². The van der Waals surface area contributed by atoms with Gasteiger partial charge in [-0.2, -0.15) is 11.3 Å². The summed E-state index contributed by atoms with van der Waals surface area (Å²) in [6.45, 7) is 1.88. The largest absolute Gasteiger partial charge is 0.451 e. The summed E-state index contributed by atoms with van der Waals surface area (Å²) in [5, 5.41) is 18.0. The first-order valence-electron chi connectivity index (χ1n) is 7.04. The molecule has 0 radical (unpaired) electrons. The molecule has 22 heavy (non-hydrogen) atoms. The van der Waals surface area contributed by atoms with Gasteiger partial charge in [0.15, 0.2) is 5.76 Å². The van der Waals surface area contributed by atoms with Gasteiger partial charge in [-0.1, -0.05) is 18.2 Å². The van der Waals surface area contributed by atoms with E-state index >= 15 is 0 Å². The molecule has 3 aromatic rings. The molecule has 0 spiro atoms. The summed E-state index contributed by atoms with van der Waals surface area (Å²) in [5.74, 6) is -0.0608. The molecule has 2 heterocycles. The SMILES string of the molecule is CC(O)(CNC(=O)c1cc2ccccc2o1)Cc1ccsc1. The first kappa shape index (κ1) is 14.8. The molecule has 3 rings (SSSR count). The number of furan rings is 1. The third-order valence-corrected chi connectivity index (χ3v) is 4.18. The lowest BCUT2D eigenvalue weighted by Crippen LogP contribution is -2.42. The van der Waals surface area contributed by atoms with Gasteiger partial charge in [0.1, 0.15) is 5.58 Å². The zero-order valence-corrected chi connectivity index (χ0v) is 13.0. The number of aliphatic hydroxyl groups is 1. The van der Waals surface area contributed by atoms with Crippen LogP contribution >= 0.6 is 11.3 Å². The number of carbonyl (C=O) groups is 1. The van der Waals surface area contributed by atoms with Gasteiger partial charge in [0, 0.05) is 18.4 Å². The third-order valence-electron chi connectivity index (χ3n) is 3.44. The van der Waals surface area contributed by atoms with Gasteiger partial charge in [0.2, 0.25) is 0 Å². The van der Waals surface area contributed by atoms with E-state index in [-0.39, 0.29) is 18.2 Å². The number of carbonyl (C=O) groups excluding carboxylic acids is 1. The number of nitrogens with one attached hydrogen (secondary N) is 1. The van der Waals surface area contributed by atoms with Gasteiger partial charge in [-0.05, 0) is 41.4 Å². The van der Waals surface area contributed by atoms with E-state index in [0.717, 1.165) is 10.9 Å². The molecule has 0 aliphatic rings. The van der Waals surface area contributed by atoms with Crippen molar-refractivity contribution in [2.24, 2.45) is 0 Å². The van der Waals surface area contributed by atoms with Crippen molar-refractivity contribution in [3.63, 3.8) is 0 Å². The number of para-hydroxylation sites is 1. The van der Waals surface area contributed by atoms with Crippen LogP contribution in [0.25, 0.3) is 11.0 Å². The van der Waals surface area contributed by atoms with Crippen molar-refractivity contribution < 1.29 is 14.3 Å². The number of rotatable bonds is 5. The molecule has 0 fully saturated rings. The van der Waals surface area contributed by atoms with Crippen molar-refractivity contribution in [2.45, 2.75) is 18.9 Å². The number of benzene rings is 1.